The number of esters is 1. The van der Waals surface area contributed by atoms with Crippen molar-refractivity contribution in [2.75, 3.05) is 7.11 Å². The minimum atomic E-state index is -0.168. The van der Waals surface area contributed by atoms with Gasteiger partial charge in [-0.1, -0.05) is 0 Å². The fourth-order valence-corrected chi connectivity index (χ4v) is 1.73. The highest BCUT2D eigenvalue weighted by Gasteiger charge is 2.32. The van der Waals surface area contributed by atoms with Crippen molar-refractivity contribution in [2.45, 2.75) is 26.2 Å². The van der Waals surface area contributed by atoms with E-state index in [-0.39, 0.29) is 23.6 Å². The van der Waals surface area contributed by atoms with Gasteiger partial charge in [-0.3, -0.25) is 9.59 Å². The molecule has 3 heteroatoms. The van der Waals surface area contributed by atoms with Crippen LogP contribution in [0.3, 0.4) is 0 Å². The normalized spacial score (nSPS) is 28.5. The van der Waals surface area contributed by atoms with Gasteiger partial charge in [-0.2, -0.15) is 0 Å². The van der Waals surface area contributed by atoms with Gasteiger partial charge in [0, 0.05) is 5.92 Å². The average molecular weight is 170 g/mol. The fraction of sp³-hybridized carbons (Fsp3) is 0.778. The van der Waals surface area contributed by atoms with E-state index in [2.05, 4.69) is 4.74 Å². The number of hydrogen-bond donors (Lipinski definition) is 0. The zero-order chi connectivity index (χ0) is 9.14. The molecular formula is C9H14O3. The van der Waals surface area contributed by atoms with Crippen LogP contribution in [0.25, 0.3) is 0 Å². The molecule has 0 N–H and O–H groups in total. The van der Waals surface area contributed by atoms with Crippen molar-refractivity contribution in [1.82, 2.24) is 0 Å². The Morgan fingerprint density at radius 1 is 1.25 bits per heavy atom. The molecule has 0 amide bonds. The molecule has 68 valence electrons. The van der Waals surface area contributed by atoms with Crippen LogP contribution in [0.4, 0.5) is 0 Å². The number of carbonyl (C=O) groups excluding carboxylic acids is 2. The Morgan fingerprint density at radius 3 is 2.25 bits per heavy atom. The second-order valence-electron chi connectivity index (χ2n) is 3.34. The molecule has 1 aliphatic rings. The molecular weight excluding hydrogens is 156 g/mol. The summed E-state index contributed by atoms with van der Waals surface area (Å²) < 4.78 is 4.61. The van der Waals surface area contributed by atoms with Crippen LogP contribution in [-0.4, -0.2) is 18.9 Å². The molecule has 1 saturated carbocycles. The van der Waals surface area contributed by atoms with Crippen LogP contribution in [0.2, 0.25) is 0 Å². The van der Waals surface area contributed by atoms with E-state index in [0.29, 0.717) is 6.42 Å². The topological polar surface area (TPSA) is 43.4 Å². The van der Waals surface area contributed by atoms with Gasteiger partial charge >= 0.3 is 5.97 Å². The van der Waals surface area contributed by atoms with Crippen molar-refractivity contribution in [1.29, 1.82) is 0 Å². The lowest BCUT2D eigenvalue weighted by molar-refractivity contribution is -0.145. The zero-order valence-electron chi connectivity index (χ0n) is 7.50. The van der Waals surface area contributed by atoms with E-state index >= 15 is 0 Å². The van der Waals surface area contributed by atoms with E-state index in [9.17, 15) is 9.59 Å². The van der Waals surface area contributed by atoms with Crippen molar-refractivity contribution < 1.29 is 14.3 Å². The fourth-order valence-electron chi connectivity index (χ4n) is 1.73. The summed E-state index contributed by atoms with van der Waals surface area (Å²) in [7, 11) is 1.39. The minimum absolute atomic E-state index is 0.0381. The summed E-state index contributed by atoms with van der Waals surface area (Å²) >= 11 is 0. The number of rotatable bonds is 2. The van der Waals surface area contributed by atoms with Crippen LogP contribution < -0.4 is 0 Å². The van der Waals surface area contributed by atoms with Crippen LogP contribution in [0.1, 0.15) is 26.2 Å². The Balaban J connectivity index is 2.45. The molecule has 0 aliphatic heterocycles. The predicted molar refractivity (Wildman–Crippen MR) is 43.5 cm³/mol. The maximum absolute atomic E-state index is 11.0. The monoisotopic (exact) mass is 170 g/mol. The molecule has 0 unspecified atom stereocenters. The lowest BCUT2D eigenvalue weighted by Gasteiger charge is -2.06. The molecule has 0 aromatic rings. The summed E-state index contributed by atoms with van der Waals surface area (Å²) in [5, 5.41) is 0. The first kappa shape index (κ1) is 9.23. The van der Waals surface area contributed by atoms with E-state index in [1.165, 1.54) is 7.11 Å². The van der Waals surface area contributed by atoms with Gasteiger partial charge in [-0.25, -0.2) is 0 Å². The number of hydrogen-bond acceptors (Lipinski definition) is 3. The molecule has 0 radical (unpaired) electrons. The maximum atomic E-state index is 11.0. The highest BCUT2D eigenvalue weighted by atomic mass is 16.5. The highest BCUT2D eigenvalue weighted by Crippen LogP contribution is 2.31. The Labute approximate surface area is 72.1 Å². The molecule has 0 spiro atoms. The molecule has 1 aliphatic carbocycles. The molecule has 2 atom stereocenters. The van der Waals surface area contributed by atoms with Crippen LogP contribution in [0.15, 0.2) is 0 Å². The largest absolute Gasteiger partial charge is 0.469 e. The summed E-state index contributed by atoms with van der Waals surface area (Å²) in [4.78, 5) is 22.0. The SMILES string of the molecule is COC(=O)[C@@H]1CC[C@@H](C(C)=O)C1. The van der Waals surface area contributed by atoms with Gasteiger partial charge in [0.1, 0.15) is 5.78 Å². The van der Waals surface area contributed by atoms with Crippen molar-refractivity contribution in [3.63, 3.8) is 0 Å². The first-order valence-corrected chi connectivity index (χ1v) is 4.23. The zero-order valence-corrected chi connectivity index (χ0v) is 7.50. The molecule has 0 bridgehead atoms. The van der Waals surface area contributed by atoms with E-state index in [1.807, 2.05) is 0 Å². The van der Waals surface area contributed by atoms with Crippen molar-refractivity contribution in [2.24, 2.45) is 11.8 Å². The lowest BCUT2D eigenvalue weighted by Crippen LogP contribution is -2.14. The molecule has 3 nitrogen and oxygen atoms in total. The van der Waals surface area contributed by atoms with Crippen LogP contribution in [0, 0.1) is 11.8 Å². The standard InChI is InChI=1S/C9H14O3/c1-6(10)7-3-4-8(5-7)9(11)12-2/h7-8H,3-5H2,1-2H3/t7-,8-/m1/s1. The van der Waals surface area contributed by atoms with Crippen molar-refractivity contribution >= 4 is 11.8 Å². The summed E-state index contributed by atoms with van der Waals surface area (Å²) in [6.07, 6.45) is 2.33. The number of carbonyl (C=O) groups is 2. The van der Waals surface area contributed by atoms with Gasteiger partial charge in [0.05, 0.1) is 13.0 Å². The second kappa shape index (κ2) is 3.70. The molecule has 0 aromatic heterocycles. The number of ether oxygens (including phenoxy) is 1. The van der Waals surface area contributed by atoms with E-state index in [4.69, 9.17) is 0 Å². The van der Waals surface area contributed by atoms with Gasteiger partial charge in [-0.15, -0.1) is 0 Å². The van der Waals surface area contributed by atoms with E-state index < -0.39 is 0 Å². The third-order valence-electron chi connectivity index (χ3n) is 2.54. The van der Waals surface area contributed by atoms with Crippen LogP contribution in [0.5, 0.6) is 0 Å². The number of methoxy groups -OCH3 is 1. The summed E-state index contributed by atoms with van der Waals surface area (Å²) in [5.41, 5.74) is 0. The van der Waals surface area contributed by atoms with E-state index in [0.717, 1.165) is 12.8 Å². The average Bonchev–Trinajstić information content (AvgIpc) is 2.51. The molecule has 1 fully saturated rings. The lowest BCUT2D eigenvalue weighted by atomic mass is 10.0. The Morgan fingerprint density at radius 2 is 1.83 bits per heavy atom. The molecule has 0 heterocycles. The third kappa shape index (κ3) is 1.84. The maximum Gasteiger partial charge on any atom is 0.308 e. The number of Topliss-reactive ketones (excluding diaryl/α,β-unsaturated/α-hetero) is 1. The quantitative estimate of drug-likeness (QED) is 0.584. The minimum Gasteiger partial charge on any atom is -0.469 e. The first-order valence-electron chi connectivity index (χ1n) is 4.23. The summed E-state index contributed by atoms with van der Waals surface area (Å²) in [6.45, 7) is 1.59. The molecule has 12 heavy (non-hydrogen) atoms. The van der Waals surface area contributed by atoms with Gasteiger partial charge in [0.15, 0.2) is 0 Å². The van der Waals surface area contributed by atoms with Gasteiger partial charge in [0.2, 0.25) is 0 Å². The van der Waals surface area contributed by atoms with Gasteiger partial charge in [-0.05, 0) is 26.2 Å². The number of ketones is 1. The Hall–Kier alpha value is -0.860. The van der Waals surface area contributed by atoms with Gasteiger partial charge < -0.3 is 4.74 Å². The molecule has 0 aromatic carbocycles. The second-order valence-corrected chi connectivity index (χ2v) is 3.34. The van der Waals surface area contributed by atoms with Gasteiger partial charge in [0.25, 0.3) is 0 Å². The highest BCUT2D eigenvalue weighted by molar-refractivity contribution is 5.80. The molecule has 1 rings (SSSR count). The Bertz CT molecular complexity index is 198. The van der Waals surface area contributed by atoms with E-state index in [1.54, 1.807) is 6.92 Å². The van der Waals surface area contributed by atoms with Crippen molar-refractivity contribution in [3.05, 3.63) is 0 Å². The molecule has 0 saturated heterocycles. The Kier molecular flexibility index (Phi) is 2.84. The third-order valence-corrected chi connectivity index (χ3v) is 2.54. The summed E-state index contributed by atoms with van der Waals surface area (Å²) in [5.74, 6) is 0.0816. The van der Waals surface area contributed by atoms with Crippen molar-refractivity contribution in [3.8, 4) is 0 Å². The van der Waals surface area contributed by atoms with Crippen LogP contribution in [-0.2, 0) is 14.3 Å². The smallest absolute Gasteiger partial charge is 0.308 e. The summed E-state index contributed by atoms with van der Waals surface area (Å²) in [6, 6.07) is 0. The predicted octanol–water partition coefficient (Wildman–Crippen LogP) is 1.16. The first-order chi connectivity index (χ1) is 5.65. The van der Waals surface area contributed by atoms with Crippen LogP contribution >= 0.6 is 0 Å².